The standard InChI is InChI=1S/C11H14FNO/c12-9-1-2-10(14)8(7-9)3-4-11(13)5-6-11/h1-2,7,14H,3-6,13H2. The molecule has 76 valence electrons. The summed E-state index contributed by atoms with van der Waals surface area (Å²) in [6, 6.07) is 4.02. The van der Waals surface area contributed by atoms with Gasteiger partial charge in [0.2, 0.25) is 0 Å². The maximum absolute atomic E-state index is 12.8. The highest BCUT2D eigenvalue weighted by atomic mass is 19.1. The normalized spacial score (nSPS) is 18.1. The van der Waals surface area contributed by atoms with Gasteiger partial charge in [0.25, 0.3) is 0 Å². The molecule has 0 bridgehead atoms. The van der Waals surface area contributed by atoms with Crippen molar-refractivity contribution in [2.24, 2.45) is 5.73 Å². The number of nitrogens with two attached hydrogens (primary N) is 1. The van der Waals surface area contributed by atoms with Gasteiger partial charge in [-0.15, -0.1) is 0 Å². The molecule has 14 heavy (non-hydrogen) atoms. The predicted octanol–water partition coefficient (Wildman–Crippen LogP) is 1.96. The Hall–Kier alpha value is -1.09. The molecule has 0 unspecified atom stereocenters. The van der Waals surface area contributed by atoms with Crippen molar-refractivity contribution in [1.29, 1.82) is 0 Å². The third-order valence-corrected chi connectivity index (χ3v) is 2.83. The molecule has 3 N–H and O–H groups in total. The highest BCUT2D eigenvalue weighted by Crippen LogP contribution is 2.37. The van der Waals surface area contributed by atoms with E-state index in [0.29, 0.717) is 12.0 Å². The van der Waals surface area contributed by atoms with Gasteiger partial charge < -0.3 is 10.8 Å². The summed E-state index contributed by atoms with van der Waals surface area (Å²) in [6.07, 6.45) is 3.57. The van der Waals surface area contributed by atoms with Gasteiger partial charge in [-0.05, 0) is 49.4 Å². The van der Waals surface area contributed by atoms with Gasteiger partial charge in [0.1, 0.15) is 11.6 Å². The molecule has 0 aliphatic heterocycles. The Morgan fingerprint density at radius 1 is 1.43 bits per heavy atom. The van der Waals surface area contributed by atoms with Crippen LogP contribution in [0.2, 0.25) is 0 Å². The Morgan fingerprint density at radius 3 is 2.79 bits per heavy atom. The molecule has 2 nitrogen and oxygen atoms in total. The molecule has 0 heterocycles. The Bertz CT molecular complexity index is 347. The number of hydrogen-bond acceptors (Lipinski definition) is 2. The number of hydrogen-bond donors (Lipinski definition) is 2. The van der Waals surface area contributed by atoms with Gasteiger partial charge in [-0.25, -0.2) is 4.39 Å². The number of rotatable bonds is 3. The second-order valence-corrected chi connectivity index (χ2v) is 4.14. The third kappa shape index (κ3) is 2.04. The molecule has 1 aromatic carbocycles. The van der Waals surface area contributed by atoms with E-state index in [9.17, 15) is 9.50 Å². The van der Waals surface area contributed by atoms with Gasteiger partial charge in [0, 0.05) is 5.54 Å². The van der Waals surface area contributed by atoms with Crippen molar-refractivity contribution in [3.05, 3.63) is 29.6 Å². The first kappa shape index (κ1) is 9.46. The van der Waals surface area contributed by atoms with Crippen LogP contribution < -0.4 is 5.73 Å². The maximum Gasteiger partial charge on any atom is 0.123 e. The Balaban J connectivity index is 2.04. The number of benzene rings is 1. The van der Waals surface area contributed by atoms with Gasteiger partial charge >= 0.3 is 0 Å². The zero-order valence-electron chi connectivity index (χ0n) is 7.96. The minimum absolute atomic E-state index is 0.0429. The summed E-state index contributed by atoms with van der Waals surface area (Å²) >= 11 is 0. The average molecular weight is 195 g/mol. The Kier molecular flexibility index (Phi) is 2.19. The van der Waals surface area contributed by atoms with Gasteiger partial charge in [-0.3, -0.25) is 0 Å². The molecule has 0 radical (unpaired) electrons. The quantitative estimate of drug-likeness (QED) is 0.774. The van der Waals surface area contributed by atoms with E-state index in [0.717, 1.165) is 19.3 Å². The van der Waals surface area contributed by atoms with Crippen molar-refractivity contribution in [2.45, 2.75) is 31.2 Å². The van der Waals surface area contributed by atoms with E-state index in [4.69, 9.17) is 5.73 Å². The fourth-order valence-electron chi connectivity index (χ4n) is 1.55. The van der Waals surface area contributed by atoms with Crippen LogP contribution in [0, 0.1) is 5.82 Å². The topological polar surface area (TPSA) is 46.2 Å². The molecule has 1 saturated carbocycles. The van der Waals surface area contributed by atoms with Crippen LogP contribution in [0.5, 0.6) is 5.75 Å². The molecular weight excluding hydrogens is 181 g/mol. The molecule has 1 fully saturated rings. The highest BCUT2D eigenvalue weighted by Gasteiger charge is 2.37. The summed E-state index contributed by atoms with van der Waals surface area (Å²) in [5.41, 5.74) is 6.52. The van der Waals surface area contributed by atoms with E-state index >= 15 is 0 Å². The molecular formula is C11H14FNO. The van der Waals surface area contributed by atoms with E-state index in [-0.39, 0.29) is 17.1 Å². The zero-order chi connectivity index (χ0) is 10.2. The fourth-order valence-corrected chi connectivity index (χ4v) is 1.55. The van der Waals surface area contributed by atoms with Crippen molar-refractivity contribution >= 4 is 0 Å². The molecule has 0 atom stereocenters. The fraction of sp³-hybridized carbons (Fsp3) is 0.455. The summed E-state index contributed by atoms with van der Waals surface area (Å²) < 4.78 is 12.8. The first-order valence-corrected chi connectivity index (χ1v) is 4.85. The van der Waals surface area contributed by atoms with Crippen LogP contribution in [0.25, 0.3) is 0 Å². The smallest absolute Gasteiger partial charge is 0.123 e. The predicted molar refractivity (Wildman–Crippen MR) is 52.5 cm³/mol. The minimum Gasteiger partial charge on any atom is -0.508 e. The molecule has 1 aromatic rings. The van der Waals surface area contributed by atoms with E-state index in [1.165, 1.54) is 18.2 Å². The van der Waals surface area contributed by atoms with Crippen molar-refractivity contribution in [2.75, 3.05) is 0 Å². The summed E-state index contributed by atoms with van der Waals surface area (Å²) in [4.78, 5) is 0. The van der Waals surface area contributed by atoms with Gasteiger partial charge in [0.15, 0.2) is 0 Å². The zero-order valence-corrected chi connectivity index (χ0v) is 7.96. The van der Waals surface area contributed by atoms with Crippen molar-refractivity contribution in [1.82, 2.24) is 0 Å². The van der Waals surface area contributed by atoms with E-state index < -0.39 is 0 Å². The summed E-state index contributed by atoms with van der Waals surface area (Å²) in [5, 5.41) is 9.44. The van der Waals surface area contributed by atoms with E-state index in [2.05, 4.69) is 0 Å². The lowest BCUT2D eigenvalue weighted by molar-refractivity contribution is 0.461. The Morgan fingerprint density at radius 2 is 2.14 bits per heavy atom. The average Bonchev–Trinajstić information content (AvgIpc) is 2.87. The molecule has 1 aliphatic rings. The number of phenols is 1. The molecule has 0 amide bonds. The lowest BCUT2D eigenvalue weighted by Crippen LogP contribution is -2.22. The molecule has 0 saturated heterocycles. The van der Waals surface area contributed by atoms with Gasteiger partial charge in [0.05, 0.1) is 0 Å². The van der Waals surface area contributed by atoms with E-state index in [1.54, 1.807) is 0 Å². The third-order valence-electron chi connectivity index (χ3n) is 2.83. The van der Waals surface area contributed by atoms with E-state index in [1.807, 2.05) is 0 Å². The largest absolute Gasteiger partial charge is 0.508 e. The van der Waals surface area contributed by atoms with Crippen LogP contribution in [0.1, 0.15) is 24.8 Å². The van der Waals surface area contributed by atoms with Crippen molar-refractivity contribution < 1.29 is 9.50 Å². The number of aryl methyl sites for hydroxylation is 1. The van der Waals surface area contributed by atoms with Crippen LogP contribution >= 0.6 is 0 Å². The van der Waals surface area contributed by atoms with Crippen molar-refractivity contribution in [3.63, 3.8) is 0 Å². The molecule has 0 aromatic heterocycles. The molecule has 2 rings (SSSR count). The van der Waals surface area contributed by atoms with Crippen LogP contribution in [0.4, 0.5) is 4.39 Å². The monoisotopic (exact) mass is 195 g/mol. The number of aromatic hydroxyl groups is 1. The summed E-state index contributed by atoms with van der Waals surface area (Å²) in [5.74, 6) is -0.143. The Labute approximate surface area is 82.5 Å². The van der Waals surface area contributed by atoms with Gasteiger partial charge in [-0.1, -0.05) is 0 Å². The van der Waals surface area contributed by atoms with Crippen molar-refractivity contribution in [3.8, 4) is 5.75 Å². The van der Waals surface area contributed by atoms with Crippen LogP contribution in [0.3, 0.4) is 0 Å². The minimum atomic E-state index is -0.306. The first-order valence-electron chi connectivity index (χ1n) is 4.85. The number of halogens is 1. The maximum atomic E-state index is 12.8. The first-order chi connectivity index (χ1) is 6.59. The summed E-state index contributed by atoms with van der Waals surface area (Å²) in [7, 11) is 0. The lowest BCUT2D eigenvalue weighted by Gasteiger charge is -2.09. The number of phenolic OH excluding ortho intramolecular Hbond substituents is 1. The molecule has 3 heteroatoms. The van der Waals surface area contributed by atoms with Crippen LogP contribution in [-0.4, -0.2) is 10.6 Å². The highest BCUT2D eigenvalue weighted by molar-refractivity contribution is 5.33. The van der Waals surface area contributed by atoms with Crippen LogP contribution in [-0.2, 0) is 6.42 Å². The molecule has 1 aliphatic carbocycles. The van der Waals surface area contributed by atoms with Crippen LogP contribution in [0.15, 0.2) is 18.2 Å². The second-order valence-electron chi connectivity index (χ2n) is 4.14. The molecule has 0 spiro atoms. The second kappa shape index (κ2) is 3.24. The van der Waals surface area contributed by atoms with Gasteiger partial charge in [-0.2, -0.15) is 0 Å². The lowest BCUT2D eigenvalue weighted by atomic mass is 10.0. The SMILES string of the molecule is NC1(CCc2cc(F)ccc2O)CC1. The summed E-state index contributed by atoms with van der Waals surface area (Å²) in [6.45, 7) is 0.